The third-order valence-electron chi connectivity index (χ3n) is 6.18. The number of nitrogens with zero attached hydrogens (tertiary/aromatic N) is 1. The predicted octanol–water partition coefficient (Wildman–Crippen LogP) is 2.67. The molecular formula is C16H20N2O4. The highest BCUT2D eigenvalue weighted by molar-refractivity contribution is 6.02. The first kappa shape index (κ1) is 14.8. The molecule has 0 saturated heterocycles. The Morgan fingerprint density at radius 1 is 1.32 bits per heavy atom. The maximum Gasteiger partial charge on any atom is 0.310 e. The first-order chi connectivity index (χ1) is 10.2. The monoisotopic (exact) mass is 304 g/mol. The van der Waals surface area contributed by atoms with Crippen molar-refractivity contribution in [1.29, 1.82) is 0 Å². The van der Waals surface area contributed by atoms with Gasteiger partial charge in [-0.2, -0.15) is 5.10 Å². The number of carbonyl (C=O) groups excluding carboxylic acids is 1. The van der Waals surface area contributed by atoms with Gasteiger partial charge in [0, 0.05) is 17.5 Å². The minimum atomic E-state index is -0.796. The van der Waals surface area contributed by atoms with Gasteiger partial charge in [-0.15, -0.1) is 0 Å². The van der Waals surface area contributed by atoms with Crippen LogP contribution < -0.4 is 5.43 Å². The Balaban J connectivity index is 1.89. The maximum absolute atomic E-state index is 11.9. The minimum absolute atomic E-state index is 0.185. The van der Waals surface area contributed by atoms with Crippen molar-refractivity contribution in [3.05, 3.63) is 24.2 Å². The molecule has 2 atom stereocenters. The molecule has 2 N–H and O–H groups in total. The topological polar surface area (TPSA) is 91.9 Å². The van der Waals surface area contributed by atoms with E-state index in [1.54, 1.807) is 12.1 Å². The summed E-state index contributed by atoms with van der Waals surface area (Å²) in [7, 11) is 0. The molecule has 0 aromatic carbocycles. The molecular weight excluding hydrogens is 284 g/mol. The Bertz CT molecular complexity index is 662. The van der Waals surface area contributed by atoms with Crippen LogP contribution in [0.4, 0.5) is 0 Å². The van der Waals surface area contributed by atoms with E-state index < -0.39 is 22.7 Å². The second kappa shape index (κ2) is 4.44. The second-order valence-electron chi connectivity index (χ2n) is 7.00. The second-order valence-corrected chi connectivity index (χ2v) is 7.00. The van der Waals surface area contributed by atoms with E-state index in [1.807, 2.05) is 20.8 Å². The molecule has 2 aliphatic carbocycles. The van der Waals surface area contributed by atoms with Crippen LogP contribution in [0.1, 0.15) is 50.6 Å². The summed E-state index contributed by atoms with van der Waals surface area (Å²) in [6, 6.07) is 3.18. The first-order valence-corrected chi connectivity index (χ1v) is 7.39. The fourth-order valence-corrected chi connectivity index (χ4v) is 4.11. The molecule has 1 amide bonds. The summed E-state index contributed by atoms with van der Waals surface area (Å²) >= 11 is 0. The van der Waals surface area contributed by atoms with Gasteiger partial charge in [0.05, 0.1) is 11.7 Å². The highest BCUT2D eigenvalue weighted by Gasteiger charge is 2.71. The molecule has 0 radical (unpaired) electrons. The van der Waals surface area contributed by atoms with E-state index in [4.69, 9.17) is 4.42 Å². The Kier molecular flexibility index (Phi) is 2.99. The Morgan fingerprint density at radius 2 is 2.05 bits per heavy atom. The lowest BCUT2D eigenvalue weighted by molar-refractivity contribution is -0.154. The average molecular weight is 304 g/mol. The number of hydrazone groups is 1. The zero-order chi connectivity index (χ0) is 16.2. The van der Waals surface area contributed by atoms with Gasteiger partial charge in [0.25, 0.3) is 0 Å². The molecule has 6 nitrogen and oxygen atoms in total. The molecule has 2 fully saturated rings. The van der Waals surface area contributed by atoms with Crippen LogP contribution >= 0.6 is 0 Å². The van der Waals surface area contributed by atoms with Crippen LogP contribution in [-0.2, 0) is 4.79 Å². The van der Waals surface area contributed by atoms with Crippen LogP contribution in [0.2, 0.25) is 0 Å². The molecule has 3 rings (SSSR count). The van der Waals surface area contributed by atoms with Gasteiger partial charge in [-0.05, 0) is 30.4 Å². The van der Waals surface area contributed by atoms with Gasteiger partial charge in [0.1, 0.15) is 0 Å². The fraction of sp³-hybridized carbons (Fsp3) is 0.562. The molecule has 118 valence electrons. The lowest BCUT2D eigenvalue weighted by Gasteiger charge is -2.37. The highest BCUT2D eigenvalue weighted by atomic mass is 16.4. The number of carbonyl (C=O) groups is 2. The van der Waals surface area contributed by atoms with E-state index in [-0.39, 0.29) is 11.2 Å². The smallest absolute Gasteiger partial charge is 0.310 e. The van der Waals surface area contributed by atoms with Crippen molar-refractivity contribution in [1.82, 2.24) is 5.43 Å². The van der Waals surface area contributed by atoms with Gasteiger partial charge in [0.15, 0.2) is 5.76 Å². The fourth-order valence-electron chi connectivity index (χ4n) is 4.11. The van der Waals surface area contributed by atoms with Crippen molar-refractivity contribution in [3.63, 3.8) is 0 Å². The average Bonchev–Trinajstić information content (AvgIpc) is 3.09. The van der Waals surface area contributed by atoms with Crippen LogP contribution in [-0.4, -0.2) is 22.7 Å². The zero-order valence-electron chi connectivity index (χ0n) is 13.0. The molecule has 1 aromatic rings. The minimum Gasteiger partial charge on any atom is -0.481 e. The van der Waals surface area contributed by atoms with Crippen LogP contribution in [0.15, 0.2) is 27.9 Å². The van der Waals surface area contributed by atoms with Gasteiger partial charge >= 0.3 is 11.9 Å². The maximum atomic E-state index is 11.9. The molecule has 1 aromatic heterocycles. The number of furan rings is 1. The largest absolute Gasteiger partial charge is 0.481 e. The summed E-state index contributed by atoms with van der Waals surface area (Å²) in [5, 5.41) is 14.0. The van der Waals surface area contributed by atoms with E-state index in [1.165, 1.54) is 6.26 Å². The summed E-state index contributed by atoms with van der Waals surface area (Å²) in [5.41, 5.74) is 1.73. The van der Waals surface area contributed by atoms with Crippen LogP contribution in [0, 0.1) is 16.2 Å². The Morgan fingerprint density at radius 3 is 2.59 bits per heavy atom. The number of hydrogen-bond acceptors (Lipinski definition) is 4. The van der Waals surface area contributed by atoms with Crippen molar-refractivity contribution >= 4 is 17.6 Å². The Labute approximate surface area is 128 Å². The normalized spacial score (nSPS) is 34.0. The van der Waals surface area contributed by atoms with Crippen molar-refractivity contribution in [2.45, 2.75) is 40.0 Å². The number of rotatable bonds is 3. The number of carboxylic acid groups (broad SMARTS) is 1. The summed E-state index contributed by atoms with van der Waals surface area (Å²) in [4.78, 5) is 23.8. The molecule has 0 aliphatic heterocycles. The van der Waals surface area contributed by atoms with Gasteiger partial charge in [0.2, 0.25) is 0 Å². The van der Waals surface area contributed by atoms with Gasteiger partial charge in [-0.25, -0.2) is 5.43 Å². The van der Waals surface area contributed by atoms with E-state index in [0.717, 1.165) is 12.1 Å². The molecule has 1 heterocycles. The lowest BCUT2D eigenvalue weighted by atomic mass is 9.65. The summed E-state index contributed by atoms with van der Waals surface area (Å²) in [6.07, 6.45) is 3.21. The van der Waals surface area contributed by atoms with Crippen LogP contribution in [0.25, 0.3) is 0 Å². The third-order valence-corrected chi connectivity index (χ3v) is 6.18. The number of carboxylic acids is 1. The summed E-state index contributed by atoms with van der Waals surface area (Å²) in [5.74, 6) is -1.01. The molecule has 2 saturated carbocycles. The van der Waals surface area contributed by atoms with E-state index in [0.29, 0.717) is 12.8 Å². The van der Waals surface area contributed by atoms with Gasteiger partial charge < -0.3 is 9.52 Å². The van der Waals surface area contributed by atoms with Crippen molar-refractivity contribution in [2.24, 2.45) is 21.3 Å². The SMILES string of the molecule is CC1(C)[C@]2(C(=O)O)CC[C@]1(C)/C(=N\NC(=O)c1ccco1)C2. The van der Waals surface area contributed by atoms with Crippen LogP contribution in [0.5, 0.6) is 0 Å². The van der Waals surface area contributed by atoms with Gasteiger partial charge in [-0.3, -0.25) is 9.59 Å². The molecule has 22 heavy (non-hydrogen) atoms. The number of amides is 1. The molecule has 2 bridgehead atoms. The third kappa shape index (κ3) is 1.63. The van der Waals surface area contributed by atoms with Gasteiger partial charge in [-0.1, -0.05) is 20.8 Å². The first-order valence-electron chi connectivity index (χ1n) is 7.39. The van der Waals surface area contributed by atoms with E-state index in [2.05, 4.69) is 10.5 Å². The Hall–Kier alpha value is -2.11. The highest BCUT2D eigenvalue weighted by Crippen LogP contribution is 2.70. The molecule has 2 aliphatic rings. The van der Waals surface area contributed by atoms with Crippen molar-refractivity contribution in [3.8, 4) is 0 Å². The zero-order valence-corrected chi connectivity index (χ0v) is 13.0. The quantitative estimate of drug-likeness (QED) is 0.840. The molecule has 6 heteroatoms. The number of aliphatic carboxylic acids is 1. The standard InChI is InChI=1S/C16H20N2O4/c1-14(2)15(3)6-7-16(14,13(20)21)9-11(15)17-18-12(19)10-5-4-8-22-10/h4-5,8H,6-7,9H2,1-3H3,(H,18,19)(H,20,21)/b17-11-/t15-,16-/m1/s1. The number of hydrogen-bond donors (Lipinski definition) is 2. The van der Waals surface area contributed by atoms with Crippen molar-refractivity contribution in [2.75, 3.05) is 0 Å². The number of nitrogens with one attached hydrogen (secondary N) is 1. The van der Waals surface area contributed by atoms with E-state index in [9.17, 15) is 14.7 Å². The molecule has 0 spiro atoms. The van der Waals surface area contributed by atoms with Crippen LogP contribution in [0.3, 0.4) is 0 Å². The summed E-state index contributed by atoms with van der Waals surface area (Å²) in [6.45, 7) is 6.03. The predicted molar refractivity (Wildman–Crippen MR) is 79.4 cm³/mol. The lowest BCUT2D eigenvalue weighted by Crippen LogP contribution is -2.40. The molecule has 0 unspecified atom stereocenters. The summed E-state index contributed by atoms with van der Waals surface area (Å²) < 4.78 is 5.02. The van der Waals surface area contributed by atoms with E-state index >= 15 is 0 Å². The number of fused-ring (bicyclic) bond motifs is 2. The van der Waals surface area contributed by atoms with Crippen molar-refractivity contribution < 1.29 is 19.1 Å².